The van der Waals surface area contributed by atoms with Crippen LogP contribution >= 0.6 is 0 Å². The van der Waals surface area contributed by atoms with E-state index in [2.05, 4.69) is 24.1 Å². The van der Waals surface area contributed by atoms with Crippen molar-refractivity contribution in [1.82, 2.24) is 4.98 Å². The molecular formula is C16H24N2O2. The van der Waals surface area contributed by atoms with Crippen molar-refractivity contribution in [3.05, 3.63) is 5.76 Å². The van der Waals surface area contributed by atoms with Crippen LogP contribution < -0.4 is 5.32 Å². The van der Waals surface area contributed by atoms with E-state index in [4.69, 9.17) is 4.42 Å². The van der Waals surface area contributed by atoms with Crippen molar-refractivity contribution < 1.29 is 9.52 Å². The van der Waals surface area contributed by atoms with E-state index in [0.717, 1.165) is 24.2 Å². The average molecular weight is 276 g/mol. The first kappa shape index (κ1) is 12.5. The van der Waals surface area contributed by atoms with Crippen LogP contribution in [0.5, 0.6) is 5.88 Å². The Hall–Kier alpha value is -1.19. The lowest BCUT2D eigenvalue weighted by Crippen LogP contribution is -2.39. The fourth-order valence-electron chi connectivity index (χ4n) is 5.11. The topological polar surface area (TPSA) is 58.3 Å². The van der Waals surface area contributed by atoms with E-state index in [1.165, 1.54) is 32.1 Å². The predicted molar refractivity (Wildman–Crippen MR) is 76.6 cm³/mol. The van der Waals surface area contributed by atoms with Crippen LogP contribution in [0.4, 0.5) is 6.01 Å². The molecule has 0 aromatic carbocycles. The summed E-state index contributed by atoms with van der Waals surface area (Å²) in [6.07, 6.45) is 7.43. The molecule has 4 fully saturated rings. The van der Waals surface area contributed by atoms with E-state index in [1.807, 2.05) is 0 Å². The normalized spacial score (nSPS) is 38.0. The summed E-state index contributed by atoms with van der Waals surface area (Å²) < 4.78 is 5.77. The van der Waals surface area contributed by atoms with Gasteiger partial charge in [-0.1, -0.05) is 13.8 Å². The van der Waals surface area contributed by atoms with E-state index < -0.39 is 0 Å². The summed E-state index contributed by atoms with van der Waals surface area (Å²) in [6.45, 7) is 4.23. The second kappa shape index (κ2) is 4.15. The predicted octanol–water partition coefficient (Wildman–Crippen LogP) is 3.57. The summed E-state index contributed by atoms with van der Waals surface area (Å²) in [6, 6.07) is 0.534. The highest BCUT2D eigenvalue weighted by atomic mass is 16.4. The van der Waals surface area contributed by atoms with Gasteiger partial charge in [-0.15, -0.1) is 0 Å². The first-order valence-corrected chi connectivity index (χ1v) is 8.01. The van der Waals surface area contributed by atoms with Gasteiger partial charge in [-0.2, -0.15) is 4.98 Å². The van der Waals surface area contributed by atoms with Crippen LogP contribution in [0.1, 0.15) is 51.7 Å². The molecule has 1 aromatic heterocycles. The van der Waals surface area contributed by atoms with E-state index in [9.17, 15) is 5.11 Å². The first-order valence-electron chi connectivity index (χ1n) is 8.01. The van der Waals surface area contributed by atoms with Crippen LogP contribution in [0, 0.1) is 23.7 Å². The highest BCUT2D eigenvalue weighted by Gasteiger charge is 2.58. The molecular weight excluding hydrogens is 252 g/mol. The molecule has 4 aliphatic carbocycles. The second-order valence-electron chi connectivity index (χ2n) is 7.69. The lowest BCUT2D eigenvalue weighted by Gasteiger charge is -2.33. The molecule has 20 heavy (non-hydrogen) atoms. The molecule has 4 aliphatic rings. The number of oxazole rings is 1. The fraction of sp³-hybridized carbons (Fsp3) is 0.812. The minimum Gasteiger partial charge on any atom is -0.491 e. The summed E-state index contributed by atoms with van der Waals surface area (Å²) in [7, 11) is 0. The minimum atomic E-state index is 0.0651. The number of aromatic hydroxyl groups is 1. The van der Waals surface area contributed by atoms with E-state index in [1.54, 1.807) is 0 Å². The molecule has 110 valence electrons. The summed E-state index contributed by atoms with van der Waals surface area (Å²) in [4.78, 5) is 4.20. The second-order valence-corrected chi connectivity index (χ2v) is 7.69. The van der Waals surface area contributed by atoms with Gasteiger partial charge in [0.25, 0.3) is 11.9 Å². The molecule has 0 radical (unpaired) electrons. The maximum Gasteiger partial charge on any atom is 0.298 e. The van der Waals surface area contributed by atoms with Crippen molar-refractivity contribution in [2.24, 2.45) is 23.7 Å². The molecule has 1 aromatic rings. The van der Waals surface area contributed by atoms with Gasteiger partial charge in [0.15, 0.2) is 5.76 Å². The minimum absolute atomic E-state index is 0.0651. The molecule has 4 bridgehead atoms. The Labute approximate surface area is 120 Å². The molecule has 0 saturated heterocycles. The van der Waals surface area contributed by atoms with Gasteiger partial charge < -0.3 is 14.8 Å². The fourth-order valence-corrected chi connectivity index (χ4v) is 5.11. The van der Waals surface area contributed by atoms with Crippen molar-refractivity contribution in [2.75, 3.05) is 5.32 Å². The van der Waals surface area contributed by atoms with Gasteiger partial charge in [0.1, 0.15) is 0 Å². The zero-order chi connectivity index (χ0) is 13.9. The van der Waals surface area contributed by atoms with Crippen molar-refractivity contribution in [3.8, 4) is 5.88 Å². The van der Waals surface area contributed by atoms with Gasteiger partial charge in [-0.05, 0) is 55.8 Å². The quantitative estimate of drug-likeness (QED) is 0.882. The van der Waals surface area contributed by atoms with Crippen LogP contribution in [0.25, 0.3) is 0 Å². The lowest BCUT2D eigenvalue weighted by atomic mass is 9.80. The standard InChI is InChI=1S/C16H24N2O2/c1-9(2)3-13-14(19)17-15(20-13)18-16-7-10-4-11(8-16)6-12(16)5-10/h9-12,19H,3-8H2,1-2H3,(H,17,18). The number of rotatable bonds is 4. The summed E-state index contributed by atoms with van der Waals surface area (Å²) in [5.74, 6) is 3.73. The molecule has 0 amide bonds. The van der Waals surface area contributed by atoms with E-state index in [-0.39, 0.29) is 11.4 Å². The van der Waals surface area contributed by atoms with Crippen LogP contribution in [0.2, 0.25) is 0 Å². The molecule has 0 spiro atoms. The van der Waals surface area contributed by atoms with Crippen LogP contribution in [-0.4, -0.2) is 15.6 Å². The molecule has 5 rings (SSSR count). The van der Waals surface area contributed by atoms with Crippen molar-refractivity contribution in [2.45, 2.75) is 57.9 Å². The Morgan fingerprint density at radius 2 is 2.00 bits per heavy atom. The molecule has 0 aliphatic heterocycles. The first-order chi connectivity index (χ1) is 9.54. The Kier molecular flexibility index (Phi) is 2.60. The van der Waals surface area contributed by atoms with Crippen LogP contribution in [0.3, 0.4) is 0 Å². The lowest BCUT2D eigenvalue weighted by molar-refractivity contribution is 0.272. The SMILES string of the molecule is CC(C)Cc1oc(NC23CC4CC(CC2C4)C3)nc1O. The average Bonchev–Trinajstić information content (AvgIpc) is 2.86. The highest BCUT2D eigenvalue weighted by Crippen LogP contribution is 2.61. The van der Waals surface area contributed by atoms with Crippen molar-refractivity contribution >= 4 is 6.01 Å². The summed E-state index contributed by atoms with van der Waals surface area (Å²) >= 11 is 0. The summed E-state index contributed by atoms with van der Waals surface area (Å²) in [5, 5.41) is 13.5. The number of hydrogen-bond acceptors (Lipinski definition) is 4. The van der Waals surface area contributed by atoms with Crippen molar-refractivity contribution in [3.63, 3.8) is 0 Å². The third kappa shape index (κ3) is 1.84. The molecule has 1 heterocycles. The Bertz CT molecular complexity index is 509. The maximum absolute atomic E-state index is 9.91. The molecule has 4 nitrogen and oxygen atoms in total. The van der Waals surface area contributed by atoms with Crippen molar-refractivity contribution in [1.29, 1.82) is 0 Å². The Morgan fingerprint density at radius 1 is 1.30 bits per heavy atom. The van der Waals surface area contributed by atoms with Crippen LogP contribution in [0.15, 0.2) is 4.42 Å². The van der Waals surface area contributed by atoms with Gasteiger partial charge in [0.05, 0.1) is 0 Å². The number of aromatic nitrogens is 1. The van der Waals surface area contributed by atoms with Gasteiger partial charge in [0, 0.05) is 12.0 Å². The Balaban J connectivity index is 1.55. The third-order valence-electron chi connectivity index (χ3n) is 5.62. The Morgan fingerprint density at radius 3 is 2.65 bits per heavy atom. The monoisotopic (exact) mass is 276 g/mol. The van der Waals surface area contributed by atoms with E-state index >= 15 is 0 Å². The van der Waals surface area contributed by atoms with Gasteiger partial charge in [0.2, 0.25) is 0 Å². The smallest absolute Gasteiger partial charge is 0.298 e. The maximum atomic E-state index is 9.91. The number of nitrogens with zero attached hydrogens (tertiary/aromatic N) is 1. The van der Waals surface area contributed by atoms with Gasteiger partial charge >= 0.3 is 0 Å². The zero-order valence-electron chi connectivity index (χ0n) is 12.4. The molecule has 4 heteroatoms. The molecule has 2 unspecified atom stereocenters. The molecule has 2 N–H and O–H groups in total. The largest absolute Gasteiger partial charge is 0.491 e. The number of hydrogen-bond donors (Lipinski definition) is 2. The molecule has 4 saturated carbocycles. The van der Waals surface area contributed by atoms with Gasteiger partial charge in [-0.3, -0.25) is 0 Å². The van der Waals surface area contributed by atoms with Crippen LogP contribution in [-0.2, 0) is 6.42 Å². The molecule has 2 atom stereocenters. The zero-order valence-corrected chi connectivity index (χ0v) is 12.4. The third-order valence-corrected chi connectivity index (χ3v) is 5.62. The number of nitrogens with one attached hydrogen (secondary N) is 1. The highest BCUT2D eigenvalue weighted by molar-refractivity contribution is 5.35. The number of anilines is 1. The summed E-state index contributed by atoms with van der Waals surface area (Å²) in [5.41, 5.74) is 0.208. The van der Waals surface area contributed by atoms with E-state index in [0.29, 0.717) is 17.7 Å². The van der Waals surface area contributed by atoms with Gasteiger partial charge in [-0.25, -0.2) is 0 Å².